The van der Waals surface area contributed by atoms with E-state index in [4.69, 9.17) is 5.73 Å². The molecule has 3 N–H and O–H groups in total. The largest absolute Gasteiger partial charge is 0.330 e. The van der Waals surface area contributed by atoms with Crippen LogP contribution in [-0.4, -0.2) is 46.0 Å². The number of nitrogens with two attached hydrogens (primary N) is 1. The molecular weight excluding hydrogens is 286 g/mol. The van der Waals surface area contributed by atoms with Crippen LogP contribution in [0.4, 0.5) is 0 Å². The molecule has 0 spiro atoms. The molecule has 1 aromatic rings. The van der Waals surface area contributed by atoms with Crippen molar-refractivity contribution in [2.24, 2.45) is 5.73 Å². The van der Waals surface area contributed by atoms with E-state index in [0.29, 0.717) is 18.0 Å². The highest BCUT2D eigenvalue weighted by Gasteiger charge is 2.13. The summed E-state index contributed by atoms with van der Waals surface area (Å²) >= 11 is 0. The van der Waals surface area contributed by atoms with Crippen LogP contribution in [-0.2, 0) is 16.4 Å². The van der Waals surface area contributed by atoms with Gasteiger partial charge in [0, 0.05) is 13.1 Å². The monoisotopic (exact) mass is 313 g/mol. The van der Waals surface area contributed by atoms with Gasteiger partial charge < -0.3 is 10.6 Å². The highest BCUT2D eigenvalue weighted by Crippen LogP contribution is 2.11. The second-order valence-corrected chi connectivity index (χ2v) is 6.73. The van der Waals surface area contributed by atoms with Gasteiger partial charge in [0.1, 0.15) is 0 Å². The molecule has 0 saturated carbocycles. The zero-order chi connectivity index (χ0) is 15.7. The van der Waals surface area contributed by atoms with E-state index in [1.807, 2.05) is 12.1 Å². The van der Waals surface area contributed by atoms with Gasteiger partial charge in [0.15, 0.2) is 0 Å². The van der Waals surface area contributed by atoms with E-state index in [-0.39, 0.29) is 0 Å². The van der Waals surface area contributed by atoms with Crippen molar-refractivity contribution in [2.75, 3.05) is 32.7 Å². The average Bonchev–Trinajstić information content (AvgIpc) is 2.50. The van der Waals surface area contributed by atoms with Crippen LogP contribution in [0, 0.1) is 0 Å². The SMILES string of the molecule is CCN(CC)CCNS(=O)(=O)c1ccc(CCCN)cc1. The van der Waals surface area contributed by atoms with Crippen LogP contribution >= 0.6 is 0 Å². The minimum atomic E-state index is -3.41. The Bertz CT molecular complexity index is 496. The van der Waals surface area contributed by atoms with Gasteiger partial charge in [-0.05, 0) is 50.2 Å². The number of nitrogens with one attached hydrogen (secondary N) is 1. The number of nitrogens with zero attached hydrogens (tertiary/aromatic N) is 1. The summed E-state index contributed by atoms with van der Waals surface area (Å²) < 4.78 is 27.0. The smallest absolute Gasteiger partial charge is 0.240 e. The van der Waals surface area contributed by atoms with Crippen molar-refractivity contribution in [3.05, 3.63) is 29.8 Å². The summed E-state index contributed by atoms with van der Waals surface area (Å²) in [4.78, 5) is 2.50. The normalized spacial score (nSPS) is 12.0. The Kier molecular flexibility index (Phi) is 7.88. The Labute approximate surface area is 128 Å². The van der Waals surface area contributed by atoms with Crippen LogP contribution in [0.3, 0.4) is 0 Å². The van der Waals surface area contributed by atoms with Crippen molar-refractivity contribution in [1.82, 2.24) is 9.62 Å². The lowest BCUT2D eigenvalue weighted by atomic mass is 10.1. The summed E-state index contributed by atoms with van der Waals surface area (Å²) in [5.41, 5.74) is 6.58. The molecule has 120 valence electrons. The summed E-state index contributed by atoms with van der Waals surface area (Å²) in [5, 5.41) is 0. The minimum Gasteiger partial charge on any atom is -0.330 e. The third-order valence-corrected chi connectivity index (χ3v) is 4.99. The lowest BCUT2D eigenvalue weighted by Crippen LogP contribution is -2.34. The third-order valence-electron chi connectivity index (χ3n) is 3.52. The predicted octanol–water partition coefficient (Wildman–Crippen LogP) is 1.20. The molecule has 0 amide bonds. The number of aryl methyl sites for hydroxylation is 1. The molecule has 21 heavy (non-hydrogen) atoms. The lowest BCUT2D eigenvalue weighted by Gasteiger charge is -2.18. The fourth-order valence-corrected chi connectivity index (χ4v) is 3.12. The van der Waals surface area contributed by atoms with E-state index in [0.717, 1.165) is 38.0 Å². The molecule has 1 rings (SSSR count). The predicted molar refractivity (Wildman–Crippen MR) is 86.8 cm³/mol. The summed E-state index contributed by atoms with van der Waals surface area (Å²) in [5.74, 6) is 0. The summed E-state index contributed by atoms with van der Waals surface area (Å²) in [7, 11) is -3.41. The number of benzene rings is 1. The highest BCUT2D eigenvalue weighted by molar-refractivity contribution is 7.89. The van der Waals surface area contributed by atoms with Crippen LogP contribution in [0.2, 0.25) is 0 Å². The fourth-order valence-electron chi connectivity index (χ4n) is 2.10. The molecule has 0 aliphatic carbocycles. The van der Waals surface area contributed by atoms with E-state index in [2.05, 4.69) is 23.5 Å². The van der Waals surface area contributed by atoms with Gasteiger partial charge in [0.25, 0.3) is 0 Å². The van der Waals surface area contributed by atoms with Gasteiger partial charge in [-0.15, -0.1) is 0 Å². The van der Waals surface area contributed by atoms with Crippen molar-refractivity contribution in [2.45, 2.75) is 31.6 Å². The first-order chi connectivity index (χ1) is 10.0. The number of hydrogen-bond acceptors (Lipinski definition) is 4. The maximum Gasteiger partial charge on any atom is 0.240 e. The highest BCUT2D eigenvalue weighted by atomic mass is 32.2. The number of sulfonamides is 1. The van der Waals surface area contributed by atoms with Crippen molar-refractivity contribution in [3.8, 4) is 0 Å². The Hall–Kier alpha value is -0.950. The Morgan fingerprint density at radius 1 is 1.14 bits per heavy atom. The van der Waals surface area contributed by atoms with Crippen molar-refractivity contribution < 1.29 is 8.42 Å². The number of rotatable bonds is 10. The van der Waals surface area contributed by atoms with Crippen molar-refractivity contribution >= 4 is 10.0 Å². The van der Waals surface area contributed by atoms with Crippen LogP contribution in [0.15, 0.2) is 29.2 Å². The molecule has 0 aliphatic heterocycles. The fraction of sp³-hybridized carbons (Fsp3) is 0.600. The molecule has 0 heterocycles. The summed E-state index contributed by atoms with van der Waals surface area (Å²) in [6.45, 7) is 7.78. The third kappa shape index (κ3) is 6.13. The molecular formula is C15H27N3O2S. The Morgan fingerprint density at radius 3 is 2.29 bits per heavy atom. The molecule has 5 nitrogen and oxygen atoms in total. The molecule has 0 atom stereocenters. The molecule has 0 aromatic heterocycles. The van der Waals surface area contributed by atoms with E-state index >= 15 is 0 Å². The van der Waals surface area contributed by atoms with Crippen molar-refractivity contribution in [3.63, 3.8) is 0 Å². The van der Waals surface area contributed by atoms with E-state index in [9.17, 15) is 8.42 Å². The molecule has 0 unspecified atom stereocenters. The zero-order valence-electron chi connectivity index (χ0n) is 13.0. The van der Waals surface area contributed by atoms with Gasteiger partial charge in [0.2, 0.25) is 10.0 Å². The van der Waals surface area contributed by atoms with Gasteiger partial charge in [-0.2, -0.15) is 0 Å². The van der Waals surface area contributed by atoms with Crippen LogP contribution < -0.4 is 10.5 Å². The van der Waals surface area contributed by atoms with Gasteiger partial charge in [-0.3, -0.25) is 0 Å². The van der Waals surface area contributed by atoms with E-state index in [1.165, 1.54) is 0 Å². The second-order valence-electron chi connectivity index (χ2n) is 4.96. The zero-order valence-corrected chi connectivity index (χ0v) is 13.8. The Balaban J connectivity index is 2.57. The van der Waals surface area contributed by atoms with Gasteiger partial charge in [-0.1, -0.05) is 26.0 Å². The maximum atomic E-state index is 12.2. The molecule has 0 fully saturated rings. The van der Waals surface area contributed by atoms with Crippen molar-refractivity contribution in [1.29, 1.82) is 0 Å². The standard InChI is InChI=1S/C15H27N3O2S/c1-3-18(4-2)13-12-17-21(19,20)15-9-7-14(8-10-15)6-5-11-16/h7-10,17H,3-6,11-13,16H2,1-2H3. The van der Waals surface area contributed by atoms with Crippen LogP contribution in [0.1, 0.15) is 25.8 Å². The van der Waals surface area contributed by atoms with Crippen LogP contribution in [0.25, 0.3) is 0 Å². The molecule has 0 aliphatic rings. The first-order valence-electron chi connectivity index (χ1n) is 7.54. The topological polar surface area (TPSA) is 75.4 Å². The molecule has 6 heteroatoms. The van der Waals surface area contributed by atoms with E-state index in [1.54, 1.807) is 12.1 Å². The molecule has 1 aromatic carbocycles. The number of likely N-dealkylation sites (N-methyl/N-ethyl adjacent to an activating group) is 1. The minimum absolute atomic E-state index is 0.318. The second kappa shape index (κ2) is 9.15. The number of hydrogen-bond donors (Lipinski definition) is 2. The first-order valence-corrected chi connectivity index (χ1v) is 9.02. The average molecular weight is 313 g/mol. The molecule has 0 radical (unpaired) electrons. The van der Waals surface area contributed by atoms with Gasteiger partial charge in [-0.25, -0.2) is 13.1 Å². The molecule has 0 bridgehead atoms. The van der Waals surface area contributed by atoms with Crippen LogP contribution in [0.5, 0.6) is 0 Å². The van der Waals surface area contributed by atoms with Gasteiger partial charge >= 0.3 is 0 Å². The molecule has 0 saturated heterocycles. The van der Waals surface area contributed by atoms with E-state index < -0.39 is 10.0 Å². The summed E-state index contributed by atoms with van der Waals surface area (Å²) in [6.07, 6.45) is 1.79. The first kappa shape index (κ1) is 18.1. The van der Waals surface area contributed by atoms with Gasteiger partial charge in [0.05, 0.1) is 4.90 Å². The maximum absolute atomic E-state index is 12.2. The quantitative estimate of drug-likeness (QED) is 0.680. The lowest BCUT2D eigenvalue weighted by molar-refractivity contribution is 0.309. The Morgan fingerprint density at radius 2 is 1.76 bits per heavy atom. The summed E-state index contributed by atoms with van der Waals surface area (Å²) in [6, 6.07) is 7.03.